The Hall–Kier alpha value is -1.69. The van der Waals surface area contributed by atoms with Gasteiger partial charge in [0.2, 0.25) is 0 Å². The quantitative estimate of drug-likeness (QED) is 0.728. The van der Waals surface area contributed by atoms with Gasteiger partial charge in [-0.3, -0.25) is 0 Å². The maximum absolute atomic E-state index is 12.9. The highest BCUT2D eigenvalue weighted by atomic mass is 35.5. The van der Waals surface area contributed by atoms with Gasteiger partial charge in [0.05, 0.1) is 17.7 Å². The number of nitrogens with zero attached hydrogens (tertiary/aromatic N) is 1. The molecule has 0 saturated carbocycles. The van der Waals surface area contributed by atoms with E-state index in [1.54, 1.807) is 36.4 Å². The smallest absolute Gasteiger partial charge is 0.269 e. The molecule has 0 aliphatic carbocycles. The predicted molar refractivity (Wildman–Crippen MR) is 93.6 cm³/mol. The third kappa shape index (κ3) is 3.80. The lowest BCUT2D eigenvalue weighted by Gasteiger charge is -2.23. The molecule has 0 amide bonds. The maximum atomic E-state index is 12.9. The maximum Gasteiger partial charge on any atom is 0.269 e. The second kappa shape index (κ2) is 7.25. The average molecular weight is 372 g/mol. The fourth-order valence-electron chi connectivity index (χ4n) is 1.95. The van der Waals surface area contributed by atoms with E-state index in [9.17, 15) is 8.42 Å². The van der Waals surface area contributed by atoms with Crippen LogP contribution in [0.5, 0.6) is 5.75 Å². The van der Waals surface area contributed by atoms with Gasteiger partial charge < -0.3 is 4.74 Å². The second-order valence-corrected chi connectivity index (χ2v) is 7.10. The van der Waals surface area contributed by atoms with Crippen molar-refractivity contribution in [2.45, 2.75) is 11.8 Å². The lowest BCUT2D eigenvalue weighted by molar-refractivity contribution is 0.415. The lowest BCUT2D eigenvalue weighted by Crippen LogP contribution is -2.28. The summed E-state index contributed by atoms with van der Waals surface area (Å²) in [6, 6.07) is 13.0. The first-order valence-corrected chi connectivity index (χ1v) is 8.87. The van der Waals surface area contributed by atoms with Crippen LogP contribution in [0.1, 0.15) is 5.56 Å². The number of ether oxygens (including phenoxy) is 1. The molecule has 0 radical (unpaired) electrons. The number of hydrogen-bond donors (Lipinski definition) is 0. The number of sulfonamides is 1. The first-order valence-electron chi connectivity index (χ1n) is 6.62. The van der Waals surface area contributed by atoms with Crippen molar-refractivity contribution >= 4 is 38.9 Å². The number of anilines is 1. The SMILES string of the molecule is COc1ccc(N(/C(Cl)=C\Cl)S(=O)(=O)c2ccc(C)cc2)cc1. The van der Waals surface area contributed by atoms with Crippen LogP contribution in [-0.2, 0) is 10.0 Å². The van der Waals surface area contributed by atoms with Crippen molar-refractivity contribution in [3.05, 3.63) is 64.8 Å². The number of benzene rings is 2. The second-order valence-electron chi connectivity index (χ2n) is 4.71. The molecule has 0 aliphatic rings. The molecule has 2 rings (SSSR count). The zero-order valence-electron chi connectivity index (χ0n) is 12.5. The minimum atomic E-state index is -3.89. The number of halogens is 2. The van der Waals surface area contributed by atoms with Crippen LogP contribution < -0.4 is 9.04 Å². The number of aryl methyl sites for hydroxylation is 1. The molecule has 0 fully saturated rings. The molecule has 0 bridgehead atoms. The van der Waals surface area contributed by atoms with Crippen molar-refractivity contribution in [3.63, 3.8) is 0 Å². The van der Waals surface area contributed by atoms with E-state index >= 15 is 0 Å². The summed E-state index contributed by atoms with van der Waals surface area (Å²) in [4.78, 5) is 0.121. The Morgan fingerprint density at radius 1 is 1.09 bits per heavy atom. The van der Waals surface area contributed by atoms with E-state index in [0.29, 0.717) is 11.4 Å². The van der Waals surface area contributed by atoms with E-state index < -0.39 is 10.0 Å². The molecule has 122 valence electrons. The van der Waals surface area contributed by atoms with Crippen molar-refractivity contribution in [2.75, 3.05) is 11.4 Å². The van der Waals surface area contributed by atoms with Crippen LogP contribution in [0.15, 0.2) is 64.1 Å². The summed E-state index contributed by atoms with van der Waals surface area (Å²) in [5, 5.41) is -0.127. The summed E-state index contributed by atoms with van der Waals surface area (Å²) in [6.07, 6.45) is 0. The topological polar surface area (TPSA) is 46.6 Å². The molecule has 7 heteroatoms. The van der Waals surface area contributed by atoms with Crippen LogP contribution in [0, 0.1) is 6.92 Å². The van der Waals surface area contributed by atoms with E-state index in [4.69, 9.17) is 27.9 Å². The monoisotopic (exact) mass is 371 g/mol. The van der Waals surface area contributed by atoms with Crippen LogP contribution in [-0.4, -0.2) is 15.5 Å². The van der Waals surface area contributed by atoms with Gasteiger partial charge in [-0.1, -0.05) is 40.9 Å². The minimum absolute atomic E-state index is 0.121. The van der Waals surface area contributed by atoms with E-state index in [2.05, 4.69) is 0 Å². The molecular formula is C16H15Cl2NO3S. The largest absolute Gasteiger partial charge is 0.497 e. The van der Waals surface area contributed by atoms with Crippen molar-refractivity contribution in [1.82, 2.24) is 0 Å². The molecule has 0 atom stereocenters. The first kappa shape index (κ1) is 17.7. The fourth-order valence-corrected chi connectivity index (χ4v) is 3.85. The summed E-state index contributed by atoms with van der Waals surface area (Å²) in [7, 11) is -2.36. The van der Waals surface area contributed by atoms with Crippen LogP contribution in [0.2, 0.25) is 0 Å². The van der Waals surface area contributed by atoms with Gasteiger partial charge in [-0.05, 0) is 43.3 Å². The molecule has 0 unspecified atom stereocenters. The zero-order valence-corrected chi connectivity index (χ0v) is 14.9. The Bertz CT molecular complexity index is 800. The highest BCUT2D eigenvalue weighted by molar-refractivity contribution is 7.93. The normalized spacial score (nSPS) is 12.1. The summed E-state index contributed by atoms with van der Waals surface area (Å²) in [5.41, 5.74) is 2.32. The Morgan fingerprint density at radius 2 is 1.65 bits per heavy atom. The molecule has 2 aromatic rings. The minimum Gasteiger partial charge on any atom is -0.497 e. The van der Waals surface area contributed by atoms with E-state index in [0.717, 1.165) is 15.4 Å². The molecule has 0 heterocycles. The van der Waals surface area contributed by atoms with Crippen LogP contribution >= 0.6 is 23.2 Å². The van der Waals surface area contributed by atoms with Crippen molar-refractivity contribution in [2.24, 2.45) is 0 Å². The van der Waals surface area contributed by atoms with Crippen LogP contribution in [0.3, 0.4) is 0 Å². The Labute approximate surface area is 145 Å². The summed E-state index contributed by atoms with van der Waals surface area (Å²) >= 11 is 11.7. The molecule has 0 spiro atoms. The summed E-state index contributed by atoms with van der Waals surface area (Å²) < 4.78 is 31.9. The van der Waals surface area contributed by atoms with Gasteiger partial charge in [-0.2, -0.15) is 0 Å². The molecule has 0 aromatic heterocycles. The van der Waals surface area contributed by atoms with E-state index in [1.165, 1.54) is 19.2 Å². The Balaban J connectivity index is 2.55. The number of hydrogen-bond acceptors (Lipinski definition) is 3. The van der Waals surface area contributed by atoms with Crippen molar-refractivity contribution < 1.29 is 13.2 Å². The molecular weight excluding hydrogens is 357 g/mol. The van der Waals surface area contributed by atoms with E-state index in [1.807, 2.05) is 6.92 Å². The highest BCUT2D eigenvalue weighted by Crippen LogP contribution is 2.31. The molecule has 4 nitrogen and oxygen atoms in total. The fraction of sp³-hybridized carbons (Fsp3) is 0.125. The molecule has 2 aromatic carbocycles. The Kier molecular flexibility index (Phi) is 5.57. The van der Waals surface area contributed by atoms with Gasteiger partial charge in [0.1, 0.15) is 10.9 Å². The van der Waals surface area contributed by atoms with Gasteiger partial charge in [-0.15, -0.1) is 0 Å². The van der Waals surface area contributed by atoms with E-state index in [-0.39, 0.29) is 10.1 Å². The first-order chi connectivity index (χ1) is 10.9. The third-order valence-electron chi connectivity index (χ3n) is 3.15. The summed E-state index contributed by atoms with van der Waals surface area (Å²) in [6.45, 7) is 1.88. The molecule has 23 heavy (non-hydrogen) atoms. The van der Waals surface area contributed by atoms with Gasteiger partial charge in [0, 0.05) is 5.54 Å². The highest BCUT2D eigenvalue weighted by Gasteiger charge is 2.27. The Morgan fingerprint density at radius 3 is 2.13 bits per heavy atom. The lowest BCUT2D eigenvalue weighted by atomic mass is 10.2. The van der Waals surface area contributed by atoms with Crippen molar-refractivity contribution in [1.29, 1.82) is 0 Å². The number of methoxy groups -OCH3 is 1. The van der Waals surface area contributed by atoms with Crippen LogP contribution in [0.25, 0.3) is 0 Å². The van der Waals surface area contributed by atoms with Gasteiger partial charge >= 0.3 is 0 Å². The van der Waals surface area contributed by atoms with Crippen LogP contribution in [0.4, 0.5) is 5.69 Å². The van der Waals surface area contributed by atoms with Crippen molar-refractivity contribution in [3.8, 4) is 5.75 Å². The molecule has 0 aliphatic heterocycles. The summed E-state index contributed by atoms with van der Waals surface area (Å²) in [5.74, 6) is 0.604. The van der Waals surface area contributed by atoms with Gasteiger partial charge in [0.15, 0.2) is 0 Å². The predicted octanol–water partition coefficient (Wildman–Crippen LogP) is 4.48. The number of rotatable bonds is 5. The zero-order chi connectivity index (χ0) is 17.0. The average Bonchev–Trinajstić information content (AvgIpc) is 2.55. The third-order valence-corrected chi connectivity index (χ3v) is 5.60. The van der Waals surface area contributed by atoms with Gasteiger partial charge in [-0.25, -0.2) is 12.7 Å². The molecule has 0 N–H and O–H groups in total. The van der Waals surface area contributed by atoms with Gasteiger partial charge in [0.25, 0.3) is 10.0 Å². The standard InChI is InChI=1S/C16H15Cl2NO3S/c1-12-3-9-15(10-4-12)23(20,21)19(16(18)11-17)13-5-7-14(22-2)8-6-13/h3-11H,1-2H3/b16-11-. The molecule has 0 saturated heterocycles.